The van der Waals surface area contributed by atoms with Crippen LogP contribution in [0.3, 0.4) is 0 Å². The molecule has 0 spiro atoms. The highest BCUT2D eigenvalue weighted by atomic mass is 79.9. The number of halogens is 2. The molecule has 4 aromatic rings. The number of aromatic nitrogens is 1. The maximum Gasteiger partial charge on any atom is 0.294 e. The second-order valence-corrected chi connectivity index (χ2v) is 8.92. The maximum atomic E-state index is 13.6. The molecule has 0 radical (unpaired) electrons. The fourth-order valence-corrected chi connectivity index (χ4v) is 4.57. The lowest BCUT2D eigenvalue weighted by atomic mass is 9.97. The van der Waals surface area contributed by atoms with Gasteiger partial charge in [-0.3, -0.25) is 19.5 Å². The molecule has 1 amide bonds. The monoisotopic (exact) mass is 522 g/mol. The number of nitrogens with zero attached hydrogens (tertiary/aromatic N) is 2. The molecule has 6 nitrogen and oxygen atoms in total. The van der Waals surface area contributed by atoms with Crippen LogP contribution in [-0.4, -0.2) is 21.8 Å². The third-order valence-electron chi connectivity index (χ3n) is 5.62. The van der Waals surface area contributed by atoms with E-state index in [1.165, 1.54) is 4.90 Å². The van der Waals surface area contributed by atoms with Crippen molar-refractivity contribution in [2.45, 2.75) is 13.0 Å². The summed E-state index contributed by atoms with van der Waals surface area (Å²) in [6, 6.07) is 16.3. The Labute approximate surface area is 202 Å². The van der Waals surface area contributed by atoms with Crippen LogP contribution in [0.4, 0.5) is 5.69 Å². The lowest BCUT2D eigenvalue weighted by molar-refractivity contribution is -0.117. The van der Waals surface area contributed by atoms with Gasteiger partial charge in [-0.15, -0.1) is 0 Å². The predicted octanol–water partition coefficient (Wildman–Crippen LogP) is 6.34. The van der Waals surface area contributed by atoms with Gasteiger partial charge in [-0.05, 0) is 61.0 Å². The summed E-state index contributed by atoms with van der Waals surface area (Å²) < 4.78 is 6.60. The van der Waals surface area contributed by atoms with Crippen molar-refractivity contribution < 1.29 is 19.1 Å². The highest BCUT2D eigenvalue weighted by Gasteiger charge is 2.46. The van der Waals surface area contributed by atoms with Gasteiger partial charge in [0.25, 0.3) is 5.91 Å². The number of ketones is 1. The van der Waals surface area contributed by atoms with E-state index in [2.05, 4.69) is 20.9 Å². The number of carbonyl (C=O) groups excluding carboxylic acids is 2. The number of aliphatic hydroxyl groups is 1. The lowest BCUT2D eigenvalue weighted by Crippen LogP contribution is -2.32. The number of rotatable bonds is 4. The van der Waals surface area contributed by atoms with E-state index in [1.807, 2.05) is 6.07 Å². The van der Waals surface area contributed by atoms with Crippen LogP contribution in [-0.2, 0) is 4.79 Å². The highest BCUT2D eigenvalue weighted by molar-refractivity contribution is 9.10. The van der Waals surface area contributed by atoms with Gasteiger partial charge in [0.1, 0.15) is 11.6 Å². The molecule has 5 rings (SSSR count). The first-order chi connectivity index (χ1) is 15.9. The van der Waals surface area contributed by atoms with Crippen LogP contribution in [0.5, 0.6) is 0 Å². The zero-order valence-corrected chi connectivity index (χ0v) is 19.6. The molecule has 1 aliphatic rings. The first-order valence-electron chi connectivity index (χ1n) is 10.0. The number of furan rings is 1. The van der Waals surface area contributed by atoms with E-state index in [0.717, 1.165) is 4.47 Å². The SMILES string of the molecule is Cc1c(Cl)cccc1N1C(=O)C(O)=C(C(=O)c2cc3cc(Br)ccc3o2)C1c1ccccn1. The van der Waals surface area contributed by atoms with E-state index in [1.54, 1.807) is 67.7 Å². The van der Waals surface area contributed by atoms with Gasteiger partial charge in [-0.2, -0.15) is 0 Å². The molecule has 1 atom stereocenters. The number of fused-ring (bicyclic) bond motifs is 1. The molecule has 2 aromatic carbocycles. The number of Topliss-reactive ketones (excluding diaryl/α,β-unsaturated/α-hetero) is 1. The molecule has 0 bridgehead atoms. The highest BCUT2D eigenvalue weighted by Crippen LogP contribution is 2.43. The number of aliphatic hydroxyl groups excluding tert-OH is 1. The Balaban J connectivity index is 1.68. The summed E-state index contributed by atoms with van der Waals surface area (Å²) in [5.74, 6) is -1.93. The van der Waals surface area contributed by atoms with Crippen LogP contribution in [0, 0.1) is 6.92 Å². The Morgan fingerprint density at radius 3 is 2.73 bits per heavy atom. The van der Waals surface area contributed by atoms with Gasteiger partial charge in [0.15, 0.2) is 11.5 Å². The zero-order chi connectivity index (χ0) is 23.3. The molecule has 3 heterocycles. The average Bonchev–Trinajstić information content (AvgIpc) is 3.34. The maximum absolute atomic E-state index is 13.6. The topological polar surface area (TPSA) is 83.6 Å². The first-order valence-corrected chi connectivity index (χ1v) is 11.2. The molecule has 0 aliphatic carbocycles. The van der Waals surface area contributed by atoms with Crippen molar-refractivity contribution in [1.29, 1.82) is 0 Å². The van der Waals surface area contributed by atoms with Crippen LogP contribution in [0.25, 0.3) is 11.0 Å². The van der Waals surface area contributed by atoms with Gasteiger partial charge >= 0.3 is 0 Å². The molecule has 0 saturated heterocycles. The third kappa shape index (κ3) is 3.53. The molecule has 1 N–H and O–H groups in total. The van der Waals surface area contributed by atoms with Crippen LogP contribution in [0.15, 0.2) is 87.1 Å². The predicted molar refractivity (Wildman–Crippen MR) is 129 cm³/mol. The summed E-state index contributed by atoms with van der Waals surface area (Å²) >= 11 is 9.71. The minimum Gasteiger partial charge on any atom is -0.503 e. The Morgan fingerprint density at radius 2 is 1.97 bits per heavy atom. The fraction of sp³-hybridized carbons (Fsp3) is 0.0800. The van der Waals surface area contributed by atoms with Crippen molar-refractivity contribution in [3.05, 3.63) is 105 Å². The summed E-state index contributed by atoms with van der Waals surface area (Å²) in [5.41, 5.74) is 1.96. The summed E-state index contributed by atoms with van der Waals surface area (Å²) in [5, 5.41) is 12.1. The minimum absolute atomic E-state index is 0.0167. The average molecular weight is 524 g/mol. The van der Waals surface area contributed by atoms with Gasteiger partial charge in [0.05, 0.1) is 11.3 Å². The van der Waals surface area contributed by atoms with Crippen LogP contribution < -0.4 is 4.90 Å². The van der Waals surface area contributed by atoms with Crippen LogP contribution in [0.1, 0.15) is 27.9 Å². The Morgan fingerprint density at radius 1 is 1.15 bits per heavy atom. The molecular formula is C25H16BrClN2O4. The van der Waals surface area contributed by atoms with Gasteiger partial charge in [-0.1, -0.05) is 39.7 Å². The smallest absolute Gasteiger partial charge is 0.294 e. The summed E-state index contributed by atoms with van der Waals surface area (Å²) in [4.78, 5) is 32.6. The number of hydrogen-bond donors (Lipinski definition) is 1. The largest absolute Gasteiger partial charge is 0.503 e. The Hall–Kier alpha value is -3.42. The molecule has 0 saturated carbocycles. The molecule has 8 heteroatoms. The standard InChI is InChI=1S/C25H16BrClN2O4/c1-13-16(27)5-4-7-18(13)29-22(17-6-2-3-10-28-17)21(24(31)25(29)32)23(30)20-12-14-11-15(26)8-9-19(14)33-20/h2-12,22,31H,1H3. The molecule has 33 heavy (non-hydrogen) atoms. The van der Waals surface area contributed by atoms with E-state index < -0.39 is 23.5 Å². The van der Waals surface area contributed by atoms with Crippen molar-refractivity contribution in [2.75, 3.05) is 4.90 Å². The van der Waals surface area contributed by atoms with E-state index in [0.29, 0.717) is 32.9 Å². The third-order valence-corrected chi connectivity index (χ3v) is 6.52. The Bertz CT molecular complexity index is 1460. The summed E-state index contributed by atoms with van der Waals surface area (Å²) in [7, 11) is 0. The van der Waals surface area contributed by atoms with Gasteiger partial charge < -0.3 is 9.52 Å². The quantitative estimate of drug-likeness (QED) is 0.316. The van der Waals surface area contributed by atoms with E-state index >= 15 is 0 Å². The van der Waals surface area contributed by atoms with E-state index in [4.69, 9.17) is 16.0 Å². The number of amides is 1. The summed E-state index contributed by atoms with van der Waals surface area (Å²) in [6.07, 6.45) is 1.57. The number of pyridine rings is 1. The molecule has 2 aromatic heterocycles. The lowest BCUT2D eigenvalue weighted by Gasteiger charge is -2.27. The second-order valence-electron chi connectivity index (χ2n) is 7.60. The zero-order valence-electron chi connectivity index (χ0n) is 17.3. The second kappa shape index (κ2) is 8.17. The van der Waals surface area contributed by atoms with Gasteiger partial charge in [0.2, 0.25) is 5.78 Å². The number of carbonyl (C=O) groups is 2. The number of benzene rings is 2. The molecule has 1 aliphatic heterocycles. The molecular weight excluding hydrogens is 508 g/mol. The molecule has 1 unspecified atom stereocenters. The summed E-state index contributed by atoms with van der Waals surface area (Å²) in [6.45, 7) is 1.77. The normalized spacial score (nSPS) is 16.2. The fourth-order valence-electron chi connectivity index (χ4n) is 4.02. The Kier molecular flexibility index (Phi) is 5.31. The van der Waals surface area contributed by atoms with E-state index in [-0.39, 0.29) is 11.3 Å². The van der Waals surface area contributed by atoms with Crippen molar-refractivity contribution in [2.24, 2.45) is 0 Å². The van der Waals surface area contributed by atoms with Crippen LogP contribution >= 0.6 is 27.5 Å². The molecule has 0 fully saturated rings. The van der Waals surface area contributed by atoms with Gasteiger partial charge in [-0.25, -0.2) is 0 Å². The number of anilines is 1. The van der Waals surface area contributed by atoms with Crippen molar-refractivity contribution >= 4 is 55.9 Å². The van der Waals surface area contributed by atoms with Gasteiger partial charge in [0, 0.05) is 26.8 Å². The molecule has 164 valence electrons. The van der Waals surface area contributed by atoms with Crippen LogP contribution in [0.2, 0.25) is 5.02 Å². The van der Waals surface area contributed by atoms with E-state index in [9.17, 15) is 14.7 Å². The first kappa shape index (κ1) is 21.4. The van der Waals surface area contributed by atoms with Crippen molar-refractivity contribution in [3.63, 3.8) is 0 Å². The number of hydrogen-bond acceptors (Lipinski definition) is 5. The van der Waals surface area contributed by atoms with Crippen molar-refractivity contribution in [1.82, 2.24) is 4.98 Å². The van der Waals surface area contributed by atoms with Crippen molar-refractivity contribution in [3.8, 4) is 0 Å². The minimum atomic E-state index is -0.955.